The van der Waals surface area contributed by atoms with Gasteiger partial charge in [0.05, 0.1) is 5.33 Å². The number of fused-ring (bicyclic) bond motifs is 1. The van der Waals surface area contributed by atoms with E-state index in [1.807, 2.05) is 12.1 Å². The Balaban J connectivity index is 2.08. The Bertz CT molecular complexity index is 408. The predicted molar refractivity (Wildman–Crippen MR) is 74.5 cm³/mol. The van der Waals surface area contributed by atoms with Crippen LogP contribution in [0.5, 0.6) is 11.5 Å². The van der Waals surface area contributed by atoms with Gasteiger partial charge in [0.2, 0.25) is 0 Å². The maximum atomic E-state index is 10.0. The molecular weight excluding hydrogens is 296 g/mol. The third-order valence-electron chi connectivity index (χ3n) is 3.04. The van der Waals surface area contributed by atoms with E-state index in [1.54, 1.807) is 0 Å². The van der Waals surface area contributed by atoms with E-state index in [0.29, 0.717) is 16.8 Å². The highest BCUT2D eigenvalue weighted by atomic mass is 79.9. The molecule has 0 amide bonds. The van der Waals surface area contributed by atoms with Crippen molar-refractivity contribution in [2.75, 3.05) is 11.9 Å². The SMILES string of the molecule is CCCCCc1ccc2c(c1)OC(O)(CBr)CO2. The van der Waals surface area contributed by atoms with Crippen molar-refractivity contribution >= 4 is 15.9 Å². The Morgan fingerprint density at radius 2 is 2.17 bits per heavy atom. The highest BCUT2D eigenvalue weighted by molar-refractivity contribution is 9.09. The number of benzene rings is 1. The summed E-state index contributed by atoms with van der Waals surface area (Å²) in [5.41, 5.74) is 1.23. The van der Waals surface area contributed by atoms with Crippen LogP contribution in [-0.2, 0) is 6.42 Å². The molecule has 1 aromatic rings. The molecule has 1 heterocycles. The van der Waals surface area contributed by atoms with Gasteiger partial charge in [0.1, 0.15) is 0 Å². The molecule has 0 fully saturated rings. The highest BCUT2D eigenvalue weighted by Crippen LogP contribution is 2.36. The molecule has 1 unspecified atom stereocenters. The second kappa shape index (κ2) is 5.93. The molecule has 0 aliphatic carbocycles. The van der Waals surface area contributed by atoms with Gasteiger partial charge < -0.3 is 14.6 Å². The zero-order valence-electron chi connectivity index (χ0n) is 10.6. The monoisotopic (exact) mass is 314 g/mol. The summed E-state index contributed by atoms with van der Waals surface area (Å²) < 4.78 is 11.1. The molecule has 0 saturated carbocycles. The minimum absolute atomic E-state index is 0.153. The number of aliphatic hydroxyl groups is 1. The van der Waals surface area contributed by atoms with Gasteiger partial charge in [-0.05, 0) is 30.5 Å². The number of halogens is 1. The van der Waals surface area contributed by atoms with Crippen molar-refractivity contribution in [1.82, 2.24) is 0 Å². The van der Waals surface area contributed by atoms with Crippen molar-refractivity contribution in [2.24, 2.45) is 0 Å². The van der Waals surface area contributed by atoms with E-state index in [2.05, 4.69) is 28.9 Å². The van der Waals surface area contributed by atoms with Crippen LogP contribution in [0.25, 0.3) is 0 Å². The molecular formula is C14H19BrO3. The summed E-state index contributed by atoms with van der Waals surface area (Å²) in [4.78, 5) is 0. The van der Waals surface area contributed by atoms with Crippen molar-refractivity contribution < 1.29 is 14.6 Å². The summed E-state index contributed by atoms with van der Waals surface area (Å²) in [7, 11) is 0. The summed E-state index contributed by atoms with van der Waals surface area (Å²) in [5, 5.41) is 10.4. The lowest BCUT2D eigenvalue weighted by atomic mass is 10.1. The molecule has 1 N–H and O–H groups in total. The molecule has 1 aromatic carbocycles. The largest absolute Gasteiger partial charge is 0.483 e. The van der Waals surface area contributed by atoms with Gasteiger partial charge in [-0.3, -0.25) is 0 Å². The molecule has 1 aliphatic heterocycles. The van der Waals surface area contributed by atoms with E-state index in [9.17, 15) is 5.11 Å². The van der Waals surface area contributed by atoms with Gasteiger partial charge in [0, 0.05) is 0 Å². The van der Waals surface area contributed by atoms with Crippen LogP contribution >= 0.6 is 15.9 Å². The highest BCUT2D eigenvalue weighted by Gasteiger charge is 2.34. The van der Waals surface area contributed by atoms with Gasteiger partial charge in [0.25, 0.3) is 5.79 Å². The Hall–Kier alpha value is -0.740. The Labute approximate surface area is 116 Å². The minimum atomic E-state index is -1.25. The zero-order chi connectivity index (χ0) is 13.0. The average molecular weight is 315 g/mol. The summed E-state index contributed by atoms with van der Waals surface area (Å²) in [6.07, 6.45) is 4.67. The first kappa shape index (κ1) is 13.7. The van der Waals surface area contributed by atoms with Gasteiger partial charge in [-0.15, -0.1) is 0 Å². The Kier molecular flexibility index (Phi) is 4.51. The first-order chi connectivity index (χ1) is 8.67. The molecule has 2 rings (SSSR count). The number of alkyl halides is 1. The van der Waals surface area contributed by atoms with Crippen LogP contribution in [0.15, 0.2) is 18.2 Å². The fraction of sp³-hybridized carbons (Fsp3) is 0.571. The maximum absolute atomic E-state index is 10.0. The average Bonchev–Trinajstić information content (AvgIpc) is 2.39. The van der Waals surface area contributed by atoms with Gasteiger partial charge >= 0.3 is 0 Å². The Morgan fingerprint density at radius 1 is 1.33 bits per heavy atom. The van der Waals surface area contributed by atoms with Crippen LogP contribution < -0.4 is 9.47 Å². The van der Waals surface area contributed by atoms with Gasteiger partial charge in [-0.1, -0.05) is 41.8 Å². The second-order valence-electron chi connectivity index (χ2n) is 4.71. The lowest BCUT2D eigenvalue weighted by Crippen LogP contribution is -2.46. The van der Waals surface area contributed by atoms with Gasteiger partial charge in [-0.2, -0.15) is 0 Å². The molecule has 4 heteroatoms. The molecule has 0 aromatic heterocycles. The van der Waals surface area contributed by atoms with Gasteiger partial charge in [-0.25, -0.2) is 0 Å². The number of aryl methyl sites for hydroxylation is 1. The van der Waals surface area contributed by atoms with E-state index in [1.165, 1.54) is 24.8 Å². The van der Waals surface area contributed by atoms with E-state index < -0.39 is 5.79 Å². The first-order valence-electron chi connectivity index (χ1n) is 6.40. The maximum Gasteiger partial charge on any atom is 0.252 e. The normalized spacial score (nSPS) is 21.9. The minimum Gasteiger partial charge on any atom is -0.483 e. The molecule has 3 nitrogen and oxygen atoms in total. The quantitative estimate of drug-likeness (QED) is 0.669. The molecule has 100 valence electrons. The van der Waals surface area contributed by atoms with E-state index >= 15 is 0 Å². The van der Waals surface area contributed by atoms with E-state index in [0.717, 1.165) is 6.42 Å². The number of rotatable bonds is 5. The van der Waals surface area contributed by atoms with Crippen LogP contribution in [0.4, 0.5) is 0 Å². The van der Waals surface area contributed by atoms with Crippen molar-refractivity contribution in [2.45, 2.75) is 38.4 Å². The Morgan fingerprint density at radius 3 is 2.89 bits per heavy atom. The lowest BCUT2D eigenvalue weighted by molar-refractivity contribution is -0.154. The van der Waals surface area contributed by atoms with Crippen LogP contribution in [0.1, 0.15) is 31.7 Å². The van der Waals surface area contributed by atoms with Crippen LogP contribution in [0.2, 0.25) is 0 Å². The summed E-state index contributed by atoms with van der Waals surface area (Å²) in [5.74, 6) is 0.0896. The summed E-state index contributed by atoms with van der Waals surface area (Å²) >= 11 is 3.23. The van der Waals surface area contributed by atoms with Gasteiger partial charge in [0.15, 0.2) is 18.1 Å². The number of hydrogen-bond donors (Lipinski definition) is 1. The third-order valence-corrected chi connectivity index (χ3v) is 3.92. The van der Waals surface area contributed by atoms with Crippen molar-refractivity contribution in [3.05, 3.63) is 23.8 Å². The number of ether oxygens (including phenoxy) is 2. The molecule has 0 radical (unpaired) electrons. The molecule has 0 bridgehead atoms. The fourth-order valence-electron chi connectivity index (χ4n) is 1.98. The lowest BCUT2D eigenvalue weighted by Gasteiger charge is -2.32. The first-order valence-corrected chi connectivity index (χ1v) is 7.52. The zero-order valence-corrected chi connectivity index (χ0v) is 12.2. The molecule has 1 aliphatic rings. The molecule has 0 saturated heterocycles. The van der Waals surface area contributed by atoms with Crippen molar-refractivity contribution in [3.8, 4) is 11.5 Å². The third kappa shape index (κ3) is 3.18. The molecule has 1 atom stereocenters. The molecule has 18 heavy (non-hydrogen) atoms. The summed E-state index contributed by atoms with van der Waals surface area (Å²) in [6.45, 7) is 2.35. The van der Waals surface area contributed by atoms with E-state index in [4.69, 9.17) is 9.47 Å². The number of unbranched alkanes of at least 4 members (excludes halogenated alkanes) is 2. The van der Waals surface area contributed by atoms with E-state index in [-0.39, 0.29) is 6.61 Å². The second-order valence-corrected chi connectivity index (χ2v) is 5.27. The standard InChI is InChI=1S/C14H19BrO3/c1-2-3-4-5-11-6-7-12-13(8-11)18-14(16,9-15)10-17-12/h6-8,16H,2-5,9-10H2,1H3. The van der Waals surface area contributed by atoms with Crippen molar-refractivity contribution in [3.63, 3.8) is 0 Å². The van der Waals surface area contributed by atoms with Crippen LogP contribution in [-0.4, -0.2) is 22.8 Å². The van der Waals surface area contributed by atoms with Crippen molar-refractivity contribution in [1.29, 1.82) is 0 Å². The number of hydrogen-bond acceptors (Lipinski definition) is 3. The van der Waals surface area contributed by atoms with Crippen LogP contribution in [0, 0.1) is 0 Å². The summed E-state index contributed by atoms with van der Waals surface area (Å²) in [6, 6.07) is 5.96. The topological polar surface area (TPSA) is 38.7 Å². The smallest absolute Gasteiger partial charge is 0.252 e. The van der Waals surface area contributed by atoms with Crippen LogP contribution in [0.3, 0.4) is 0 Å². The molecule has 0 spiro atoms. The predicted octanol–water partition coefficient (Wildman–Crippen LogP) is 3.27. The fourth-order valence-corrected chi connectivity index (χ4v) is 2.25.